The SMILES string of the molecule is CC.COC(=O)Nc1cc(CN)ccc1-c1cc2n(n1)C(C)CN(CNC(=O)CC1CC1)C2=O. The van der Waals surface area contributed by atoms with Gasteiger partial charge in [0.15, 0.2) is 0 Å². The Hall–Kier alpha value is -3.40. The van der Waals surface area contributed by atoms with Crippen LogP contribution in [0.4, 0.5) is 10.5 Å². The van der Waals surface area contributed by atoms with E-state index in [1.807, 2.05) is 32.9 Å². The third-order valence-corrected chi connectivity index (χ3v) is 5.80. The molecule has 0 spiro atoms. The van der Waals surface area contributed by atoms with E-state index in [-0.39, 0.29) is 24.5 Å². The molecule has 184 valence electrons. The van der Waals surface area contributed by atoms with Crippen LogP contribution in [0.25, 0.3) is 11.3 Å². The highest BCUT2D eigenvalue weighted by Crippen LogP contribution is 2.33. The molecule has 1 fully saturated rings. The first kappa shape index (κ1) is 25.2. The van der Waals surface area contributed by atoms with Crippen molar-refractivity contribution in [3.8, 4) is 11.3 Å². The van der Waals surface area contributed by atoms with Crippen LogP contribution in [0.1, 0.15) is 62.1 Å². The molecule has 1 aliphatic carbocycles. The molecule has 2 aromatic rings. The molecule has 3 amide bonds. The molecule has 10 heteroatoms. The predicted octanol–water partition coefficient (Wildman–Crippen LogP) is 3.10. The molecule has 1 aliphatic heterocycles. The number of hydrogen-bond donors (Lipinski definition) is 3. The Kier molecular flexibility index (Phi) is 8.27. The average molecular weight is 471 g/mol. The normalized spacial score (nSPS) is 16.8. The van der Waals surface area contributed by atoms with Crippen molar-refractivity contribution in [3.63, 3.8) is 0 Å². The number of nitrogens with two attached hydrogens (primary N) is 1. The lowest BCUT2D eigenvalue weighted by molar-refractivity contribution is -0.122. The number of carbonyl (C=O) groups is 3. The molecule has 1 aromatic carbocycles. The second kappa shape index (κ2) is 11.1. The molecule has 4 rings (SSSR count). The van der Waals surface area contributed by atoms with Crippen LogP contribution in [-0.4, -0.2) is 52.9 Å². The first-order chi connectivity index (χ1) is 16.4. The van der Waals surface area contributed by atoms with Crippen molar-refractivity contribution in [1.29, 1.82) is 0 Å². The Bertz CT molecular complexity index is 1050. The maximum Gasteiger partial charge on any atom is 0.411 e. The third-order valence-electron chi connectivity index (χ3n) is 5.80. The van der Waals surface area contributed by atoms with Crippen LogP contribution in [0.15, 0.2) is 24.3 Å². The number of ether oxygens (including phenoxy) is 1. The van der Waals surface area contributed by atoms with Gasteiger partial charge in [-0.2, -0.15) is 5.10 Å². The topological polar surface area (TPSA) is 132 Å². The fourth-order valence-electron chi connectivity index (χ4n) is 3.85. The van der Waals surface area contributed by atoms with Crippen molar-refractivity contribution in [2.45, 2.75) is 52.6 Å². The Morgan fingerprint density at radius 1 is 1.24 bits per heavy atom. The molecule has 2 heterocycles. The molecule has 4 N–H and O–H groups in total. The molecule has 10 nitrogen and oxygen atoms in total. The predicted molar refractivity (Wildman–Crippen MR) is 129 cm³/mol. The van der Waals surface area contributed by atoms with Gasteiger partial charge in [0.05, 0.1) is 31.2 Å². The van der Waals surface area contributed by atoms with Gasteiger partial charge in [-0.1, -0.05) is 26.0 Å². The lowest BCUT2D eigenvalue weighted by Gasteiger charge is -2.31. The minimum absolute atomic E-state index is 0.0220. The maximum atomic E-state index is 13.1. The summed E-state index contributed by atoms with van der Waals surface area (Å²) in [6.07, 6.45) is 2.12. The third kappa shape index (κ3) is 5.74. The first-order valence-electron chi connectivity index (χ1n) is 11.7. The van der Waals surface area contributed by atoms with Gasteiger partial charge in [-0.05, 0) is 43.4 Å². The molecule has 0 radical (unpaired) electrons. The summed E-state index contributed by atoms with van der Waals surface area (Å²) in [6, 6.07) is 7.06. The number of anilines is 1. The maximum absolute atomic E-state index is 13.1. The van der Waals surface area contributed by atoms with Crippen LogP contribution in [0, 0.1) is 5.92 Å². The Morgan fingerprint density at radius 2 is 1.97 bits per heavy atom. The summed E-state index contributed by atoms with van der Waals surface area (Å²) in [5.41, 5.74) is 8.71. The van der Waals surface area contributed by atoms with Gasteiger partial charge in [0.2, 0.25) is 5.91 Å². The van der Waals surface area contributed by atoms with Crippen LogP contribution < -0.4 is 16.4 Å². The Morgan fingerprint density at radius 3 is 2.62 bits per heavy atom. The largest absolute Gasteiger partial charge is 0.453 e. The number of aromatic nitrogens is 2. The molecular formula is C24H34N6O4. The molecular weight excluding hydrogens is 436 g/mol. The van der Waals surface area contributed by atoms with Gasteiger partial charge in [0, 0.05) is 25.1 Å². The van der Waals surface area contributed by atoms with Crippen LogP contribution in [-0.2, 0) is 16.1 Å². The van der Waals surface area contributed by atoms with E-state index < -0.39 is 6.09 Å². The zero-order valence-electron chi connectivity index (χ0n) is 20.3. The molecule has 1 unspecified atom stereocenters. The average Bonchev–Trinajstić information content (AvgIpc) is 3.54. The molecule has 2 aliphatic rings. The zero-order chi connectivity index (χ0) is 24.8. The molecule has 34 heavy (non-hydrogen) atoms. The monoisotopic (exact) mass is 470 g/mol. The first-order valence-corrected chi connectivity index (χ1v) is 11.7. The Balaban J connectivity index is 0.00000158. The number of nitrogens with one attached hydrogen (secondary N) is 2. The van der Waals surface area contributed by atoms with Gasteiger partial charge in [-0.3, -0.25) is 19.6 Å². The van der Waals surface area contributed by atoms with Crippen molar-refractivity contribution in [2.75, 3.05) is 25.6 Å². The van der Waals surface area contributed by atoms with E-state index in [4.69, 9.17) is 10.5 Å². The van der Waals surface area contributed by atoms with E-state index in [1.165, 1.54) is 7.11 Å². The van der Waals surface area contributed by atoms with E-state index in [2.05, 4.69) is 15.7 Å². The fourth-order valence-corrected chi connectivity index (χ4v) is 3.85. The van der Waals surface area contributed by atoms with Crippen molar-refractivity contribution >= 4 is 23.6 Å². The highest BCUT2D eigenvalue weighted by Gasteiger charge is 2.32. The standard InChI is InChI=1S/C22H28N6O4.C2H6/c1-13-11-27(12-24-20(29)8-14-3-4-14)21(30)19-9-18(26-28(13)19)16-6-5-15(10-23)7-17(16)25-22(31)32-2;1-2/h5-7,9,13-14H,3-4,8,10-12,23H2,1-2H3,(H,24,29)(H,25,31);1-2H3. The number of hydrogen-bond acceptors (Lipinski definition) is 6. The molecule has 1 aromatic heterocycles. The minimum atomic E-state index is -0.609. The number of rotatable bonds is 7. The van der Waals surface area contributed by atoms with E-state index >= 15 is 0 Å². The van der Waals surface area contributed by atoms with Crippen molar-refractivity contribution in [2.24, 2.45) is 11.7 Å². The molecule has 0 saturated heterocycles. The quantitative estimate of drug-likeness (QED) is 0.570. The van der Waals surface area contributed by atoms with Crippen molar-refractivity contribution in [3.05, 3.63) is 35.5 Å². The van der Waals surface area contributed by atoms with Crippen molar-refractivity contribution < 1.29 is 19.1 Å². The van der Waals surface area contributed by atoms with Gasteiger partial charge in [-0.25, -0.2) is 4.79 Å². The van der Waals surface area contributed by atoms with Gasteiger partial charge < -0.3 is 20.7 Å². The second-order valence-corrected chi connectivity index (χ2v) is 8.34. The summed E-state index contributed by atoms with van der Waals surface area (Å²) in [5.74, 6) is 0.272. The number of benzene rings is 1. The van der Waals surface area contributed by atoms with Crippen LogP contribution >= 0.6 is 0 Å². The number of methoxy groups -OCH3 is 1. The van der Waals surface area contributed by atoms with Gasteiger partial charge >= 0.3 is 6.09 Å². The van der Waals surface area contributed by atoms with Gasteiger partial charge in [0.25, 0.3) is 5.91 Å². The van der Waals surface area contributed by atoms with E-state index in [0.717, 1.165) is 18.4 Å². The molecule has 1 atom stereocenters. The van der Waals surface area contributed by atoms with Crippen LogP contribution in [0.3, 0.4) is 0 Å². The number of amides is 3. The van der Waals surface area contributed by atoms with E-state index in [1.54, 1.807) is 21.7 Å². The van der Waals surface area contributed by atoms with Crippen LogP contribution in [0.5, 0.6) is 0 Å². The highest BCUT2D eigenvalue weighted by molar-refractivity contribution is 5.96. The molecule has 0 bridgehead atoms. The van der Waals surface area contributed by atoms with Gasteiger partial charge in [0.1, 0.15) is 5.69 Å². The number of fused-ring (bicyclic) bond motifs is 1. The molecule has 1 saturated carbocycles. The van der Waals surface area contributed by atoms with E-state index in [9.17, 15) is 14.4 Å². The smallest absolute Gasteiger partial charge is 0.411 e. The van der Waals surface area contributed by atoms with E-state index in [0.29, 0.717) is 48.1 Å². The summed E-state index contributed by atoms with van der Waals surface area (Å²) in [7, 11) is 1.29. The van der Waals surface area contributed by atoms with Gasteiger partial charge in [-0.15, -0.1) is 0 Å². The fraction of sp³-hybridized carbons (Fsp3) is 0.500. The summed E-state index contributed by atoms with van der Waals surface area (Å²) in [4.78, 5) is 38.6. The Labute approximate surface area is 199 Å². The number of carbonyl (C=O) groups excluding carboxylic acids is 3. The lowest BCUT2D eigenvalue weighted by atomic mass is 10.1. The lowest BCUT2D eigenvalue weighted by Crippen LogP contribution is -2.47. The summed E-state index contributed by atoms with van der Waals surface area (Å²) >= 11 is 0. The number of nitrogens with zero attached hydrogens (tertiary/aromatic N) is 3. The minimum Gasteiger partial charge on any atom is -0.453 e. The zero-order valence-corrected chi connectivity index (χ0v) is 20.3. The summed E-state index contributed by atoms with van der Waals surface area (Å²) < 4.78 is 6.41. The highest BCUT2D eigenvalue weighted by atomic mass is 16.5. The van der Waals surface area contributed by atoms with Crippen LogP contribution in [0.2, 0.25) is 0 Å². The van der Waals surface area contributed by atoms with Crippen molar-refractivity contribution in [1.82, 2.24) is 20.0 Å². The summed E-state index contributed by atoms with van der Waals surface area (Å²) in [5, 5.41) is 10.2. The second-order valence-electron chi connectivity index (χ2n) is 8.34. The summed E-state index contributed by atoms with van der Waals surface area (Å²) in [6.45, 7) is 6.90.